The summed E-state index contributed by atoms with van der Waals surface area (Å²) in [6.45, 7) is 1.85. The van der Waals surface area contributed by atoms with E-state index in [2.05, 4.69) is 19.7 Å². The first-order valence-corrected chi connectivity index (χ1v) is 10.4. The number of anilines is 2. The number of ether oxygens (including phenoxy) is 2. The van der Waals surface area contributed by atoms with Crippen LogP contribution in [0.4, 0.5) is 10.9 Å². The lowest BCUT2D eigenvalue weighted by Gasteiger charge is -2.12. The maximum absolute atomic E-state index is 6.10. The quantitative estimate of drug-likeness (QED) is 0.345. The number of rotatable bonds is 7. The molecular formula is C21H19ClN4O2S2. The monoisotopic (exact) mass is 458 g/mol. The molecule has 4 aromatic rings. The number of methoxy groups -OCH3 is 1. The minimum atomic E-state index is 0. The van der Waals surface area contributed by atoms with Gasteiger partial charge in [-0.3, -0.25) is 0 Å². The van der Waals surface area contributed by atoms with Gasteiger partial charge in [0.2, 0.25) is 5.13 Å². The molecule has 0 aliphatic carbocycles. The molecule has 0 saturated heterocycles. The molecule has 0 fully saturated rings. The van der Waals surface area contributed by atoms with E-state index in [1.165, 1.54) is 11.5 Å². The van der Waals surface area contributed by atoms with Gasteiger partial charge in [0.15, 0.2) is 11.6 Å². The summed E-state index contributed by atoms with van der Waals surface area (Å²) < 4.78 is 15.5. The largest absolute Gasteiger partial charge is 0.497 e. The number of aryl methyl sites for hydroxylation is 1. The second-order valence-electron chi connectivity index (χ2n) is 5.98. The summed E-state index contributed by atoms with van der Waals surface area (Å²) in [7, 11) is 1.66. The standard InChI is InChI=1S/C21H18N4O2S2.ClH/c1-14-23-21(29-25-14)24-20-19(27-16-6-4-3-5-7-16)12-18(13-22-20)28-17-10-8-15(26-2)9-11-17;/h3-13H,1-2H3,(H,22,23,24,25);1H. The van der Waals surface area contributed by atoms with Crippen molar-refractivity contribution in [2.45, 2.75) is 16.7 Å². The van der Waals surface area contributed by atoms with E-state index >= 15 is 0 Å². The summed E-state index contributed by atoms with van der Waals surface area (Å²) in [4.78, 5) is 11.0. The molecule has 30 heavy (non-hydrogen) atoms. The minimum Gasteiger partial charge on any atom is -0.497 e. The third-order valence-electron chi connectivity index (χ3n) is 3.85. The van der Waals surface area contributed by atoms with Crippen molar-refractivity contribution in [1.29, 1.82) is 0 Å². The number of nitrogens with zero attached hydrogens (tertiary/aromatic N) is 3. The van der Waals surface area contributed by atoms with Crippen LogP contribution >= 0.6 is 35.7 Å². The van der Waals surface area contributed by atoms with Gasteiger partial charge in [-0.05, 0) is 43.3 Å². The molecule has 2 aromatic carbocycles. The van der Waals surface area contributed by atoms with Crippen molar-refractivity contribution in [3.05, 3.63) is 72.7 Å². The van der Waals surface area contributed by atoms with Crippen LogP contribution in [0.3, 0.4) is 0 Å². The highest BCUT2D eigenvalue weighted by molar-refractivity contribution is 7.99. The fraction of sp³-hybridized carbons (Fsp3) is 0.0952. The first-order chi connectivity index (χ1) is 14.2. The number of hydrogen-bond donors (Lipinski definition) is 1. The molecule has 2 heterocycles. The summed E-state index contributed by atoms with van der Waals surface area (Å²) in [5.41, 5.74) is 0. The van der Waals surface area contributed by atoms with Crippen molar-refractivity contribution in [2.75, 3.05) is 12.4 Å². The molecule has 0 bridgehead atoms. The molecular weight excluding hydrogens is 440 g/mol. The number of para-hydroxylation sites is 1. The van der Waals surface area contributed by atoms with Crippen molar-refractivity contribution >= 4 is 46.7 Å². The van der Waals surface area contributed by atoms with E-state index in [1.54, 1.807) is 18.9 Å². The van der Waals surface area contributed by atoms with E-state index in [-0.39, 0.29) is 12.4 Å². The van der Waals surface area contributed by atoms with Gasteiger partial charge in [-0.2, -0.15) is 4.37 Å². The highest BCUT2D eigenvalue weighted by Gasteiger charge is 2.12. The second-order valence-corrected chi connectivity index (χ2v) is 7.88. The molecule has 4 rings (SSSR count). The number of aromatic nitrogens is 3. The zero-order valence-electron chi connectivity index (χ0n) is 16.2. The van der Waals surface area contributed by atoms with E-state index in [0.29, 0.717) is 16.7 Å². The van der Waals surface area contributed by atoms with Gasteiger partial charge in [-0.1, -0.05) is 30.0 Å². The molecule has 0 radical (unpaired) electrons. The zero-order chi connectivity index (χ0) is 20.1. The molecule has 0 unspecified atom stereocenters. The molecule has 0 aliphatic heterocycles. The normalized spacial score (nSPS) is 10.2. The molecule has 1 N–H and O–H groups in total. The Morgan fingerprint density at radius 1 is 0.967 bits per heavy atom. The highest BCUT2D eigenvalue weighted by Crippen LogP contribution is 2.36. The minimum absolute atomic E-state index is 0. The van der Waals surface area contributed by atoms with Gasteiger partial charge in [0.1, 0.15) is 17.3 Å². The summed E-state index contributed by atoms with van der Waals surface area (Å²) in [5, 5.41) is 3.87. The number of hydrogen-bond acceptors (Lipinski definition) is 8. The third kappa shape index (κ3) is 5.63. The Morgan fingerprint density at radius 3 is 2.40 bits per heavy atom. The summed E-state index contributed by atoms with van der Waals surface area (Å²) >= 11 is 2.88. The predicted molar refractivity (Wildman–Crippen MR) is 123 cm³/mol. The van der Waals surface area contributed by atoms with Crippen molar-refractivity contribution < 1.29 is 9.47 Å². The molecule has 2 aromatic heterocycles. The SMILES string of the molecule is COc1ccc(Sc2cnc(Nc3nc(C)ns3)c(Oc3ccccc3)c2)cc1.Cl. The third-order valence-corrected chi connectivity index (χ3v) is 5.54. The zero-order valence-corrected chi connectivity index (χ0v) is 18.7. The van der Waals surface area contributed by atoms with E-state index in [1.807, 2.05) is 73.8 Å². The van der Waals surface area contributed by atoms with Crippen molar-refractivity contribution in [1.82, 2.24) is 14.3 Å². The van der Waals surface area contributed by atoms with Gasteiger partial charge in [0, 0.05) is 33.6 Å². The molecule has 154 valence electrons. The number of benzene rings is 2. The summed E-state index contributed by atoms with van der Waals surface area (Å²) in [5.74, 6) is 3.48. The maximum Gasteiger partial charge on any atom is 0.208 e. The van der Waals surface area contributed by atoms with Crippen molar-refractivity contribution in [2.24, 2.45) is 0 Å². The molecule has 0 aliphatic rings. The van der Waals surface area contributed by atoms with Gasteiger partial charge < -0.3 is 14.8 Å². The molecule has 0 atom stereocenters. The molecule has 9 heteroatoms. The first kappa shape index (κ1) is 21.9. The Balaban J connectivity index is 0.00000256. The van der Waals surface area contributed by atoms with Crippen molar-refractivity contribution in [3.63, 3.8) is 0 Å². The average Bonchev–Trinajstić information content (AvgIpc) is 3.16. The lowest BCUT2D eigenvalue weighted by atomic mass is 10.3. The Labute approximate surface area is 189 Å². The summed E-state index contributed by atoms with van der Waals surface area (Å²) in [6.07, 6.45) is 1.81. The molecule has 0 amide bonds. The van der Waals surface area contributed by atoms with E-state index in [9.17, 15) is 0 Å². The van der Waals surface area contributed by atoms with Crippen molar-refractivity contribution in [3.8, 4) is 17.2 Å². The fourth-order valence-electron chi connectivity index (χ4n) is 2.50. The van der Waals surface area contributed by atoms with Crippen LogP contribution in [0.1, 0.15) is 5.82 Å². The van der Waals surface area contributed by atoms with Gasteiger partial charge >= 0.3 is 0 Å². The number of nitrogens with one attached hydrogen (secondary N) is 1. The van der Waals surface area contributed by atoms with Gasteiger partial charge in [0.25, 0.3) is 0 Å². The van der Waals surface area contributed by atoms with Crippen LogP contribution in [-0.4, -0.2) is 21.5 Å². The van der Waals surface area contributed by atoms with Crippen LogP contribution in [0.25, 0.3) is 0 Å². The Hall–Kier alpha value is -2.81. The van der Waals surface area contributed by atoms with Crippen LogP contribution in [-0.2, 0) is 0 Å². The van der Waals surface area contributed by atoms with Gasteiger partial charge in [-0.25, -0.2) is 9.97 Å². The molecule has 0 spiro atoms. The first-order valence-electron chi connectivity index (χ1n) is 8.82. The van der Waals surface area contributed by atoms with Crippen LogP contribution in [0.15, 0.2) is 76.7 Å². The van der Waals surface area contributed by atoms with Crippen LogP contribution in [0.2, 0.25) is 0 Å². The van der Waals surface area contributed by atoms with Gasteiger partial charge in [-0.15, -0.1) is 12.4 Å². The maximum atomic E-state index is 6.10. The van der Waals surface area contributed by atoms with Crippen LogP contribution < -0.4 is 14.8 Å². The predicted octanol–water partition coefficient (Wildman–Crippen LogP) is 6.36. The van der Waals surface area contributed by atoms with Gasteiger partial charge in [0.05, 0.1) is 7.11 Å². The average molecular weight is 459 g/mol. The lowest BCUT2D eigenvalue weighted by Crippen LogP contribution is -1.97. The summed E-state index contributed by atoms with van der Waals surface area (Å²) in [6, 6.07) is 19.5. The topological polar surface area (TPSA) is 69.2 Å². The fourth-order valence-corrected chi connectivity index (χ4v) is 3.89. The van der Waals surface area contributed by atoms with E-state index < -0.39 is 0 Å². The number of halogens is 1. The van der Waals surface area contributed by atoms with Crippen LogP contribution in [0.5, 0.6) is 17.2 Å². The Bertz CT molecular complexity index is 1090. The highest BCUT2D eigenvalue weighted by atomic mass is 35.5. The molecule has 6 nitrogen and oxygen atoms in total. The lowest BCUT2D eigenvalue weighted by molar-refractivity contribution is 0.414. The van der Waals surface area contributed by atoms with E-state index in [4.69, 9.17) is 9.47 Å². The second kappa shape index (κ2) is 10.3. The van der Waals surface area contributed by atoms with E-state index in [0.717, 1.165) is 27.1 Å². The molecule has 0 saturated carbocycles. The smallest absolute Gasteiger partial charge is 0.208 e. The number of pyridine rings is 1. The Kier molecular flexibility index (Phi) is 7.51. The Morgan fingerprint density at radius 2 is 1.73 bits per heavy atom. The van der Waals surface area contributed by atoms with Crippen LogP contribution in [0, 0.1) is 6.92 Å².